The second kappa shape index (κ2) is 5.62. The average Bonchev–Trinajstić information content (AvgIpc) is 3.09. The van der Waals surface area contributed by atoms with Crippen LogP contribution in [-0.4, -0.2) is 6.54 Å². The largest absolute Gasteiger partial charge is 0.472 e. The molecule has 1 unspecified atom stereocenters. The summed E-state index contributed by atoms with van der Waals surface area (Å²) < 4.78 is 5.25. The minimum Gasteiger partial charge on any atom is -0.472 e. The van der Waals surface area contributed by atoms with Crippen LogP contribution in [0.15, 0.2) is 41.2 Å². The van der Waals surface area contributed by atoms with Crippen LogP contribution in [0.4, 0.5) is 0 Å². The Hall–Kier alpha value is -1.54. The third-order valence-electron chi connectivity index (χ3n) is 3.93. The molecule has 0 spiro atoms. The van der Waals surface area contributed by atoms with Gasteiger partial charge in [0, 0.05) is 5.56 Å². The SMILES string of the molecule is CCCNC(c1ccoc1)c1ccc2c(c1)CCC2. The summed E-state index contributed by atoms with van der Waals surface area (Å²) >= 11 is 0. The number of hydrogen-bond donors (Lipinski definition) is 1. The molecule has 2 heteroatoms. The lowest BCUT2D eigenvalue weighted by Gasteiger charge is -2.18. The molecule has 100 valence electrons. The van der Waals surface area contributed by atoms with E-state index in [9.17, 15) is 0 Å². The number of furan rings is 1. The number of hydrogen-bond acceptors (Lipinski definition) is 2. The molecule has 2 nitrogen and oxygen atoms in total. The number of nitrogens with one attached hydrogen (secondary N) is 1. The van der Waals surface area contributed by atoms with Crippen LogP contribution in [0.25, 0.3) is 0 Å². The Bertz CT molecular complexity index is 530. The van der Waals surface area contributed by atoms with Gasteiger partial charge in [-0.15, -0.1) is 0 Å². The van der Waals surface area contributed by atoms with Gasteiger partial charge in [-0.3, -0.25) is 0 Å². The number of benzene rings is 1. The first-order chi connectivity index (χ1) is 9.38. The van der Waals surface area contributed by atoms with Crippen LogP contribution in [-0.2, 0) is 12.8 Å². The number of fused-ring (bicyclic) bond motifs is 1. The second-order valence-corrected chi connectivity index (χ2v) is 5.33. The minimum atomic E-state index is 0.254. The van der Waals surface area contributed by atoms with E-state index in [4.69, 9.17) is 4.42 Å². The maximum Gasteiger partial charge on any atom is 0.0953 e. The van der Waals surface area contributed by atoms with Crippen LogP contribution in [0.3, 0.4) is 0 Å². The highest BCUT2D eigenvalue weighted by molar-refractivity contribution is 5.39. The van der Waals surface area contributed by atoms with Gasteiger partial charge in [-0.05, 0) is 55.0 Å². The van der Waals surface area contributed by atoms with Gasteiger partial charge in [-0.2, -0.15) is 0 Å². The van der Waals surface area contributed by atoms with Crippen LogP contribution in [0.2, 0.25) is 0 Å². The third kappa shape index (κ3) is 2.59. The monoisotopic (exact) mass is 255 g/mol. The average molecular weight is 255 g/mol. The zero-order valence-corrected chi connectivity index (χ0v) is 11.5. The summed E-state index contributed by atoms with van der Waals surface area (Å²) in [6, 6.07) is 9.26. The summed E-state index contributed by atoms with van der Waals surface area (Å²) in [6.07, 6.45) is 8.52. The van der Waals surface area contributed by atoms with Gasteiger partial charge < -0.3 is 9.73 Å². The highest BCUT2D eigenvalue weighted by Gasteiger charge is 2.17. The first-order valence-corrected chi connectivity index (χ1v) is 7.25. The molecule has 1 heterocycles. The maximum absolute atomic E-state index is 5.25. The van der Waals surface area contributed by atoms with Crippen molar-refractivity contribution in [3.63, 3.8) is 0 Å². The van der Waals surface area contributed by atoms with Crippen LogP contribution in [0.5, 0.6) is 0 Å². The molecule has 1 aliphatic rings. The van der Waals surface area contributed by atoms with Gasteiger partial charge >= 0.3 is 0 Å². The second-order valence-electron chi connectivity index (χ2n) is 5.33. The first-order valence-electron chi connectivity index (χ1n) is 7.25. The Kier molecular flexibility index (Phi) is 3.69. The summed E-state index contributed by atoms with van der Waals surface area (Å²) in [4.78, 5) is 0. The van der Waals surface area contributed by atoms with E-state index in [2.05, 4.69) is 36.5 Å². The van der Waals surface area contributed by atoms with Gasteiger partial charge in [0.15, 0.2) is 0 Å². The normalized spacial score (nSPS) is 15.4. The van der Waals surface area contributed by atoms with E-state index in [-0.39, 0.29) is 6.04 Å². The van der Waals surface area contributed by atoms with Crippen molar-refractivity contribution in [2.24, 2.45) is 0 Å². The smallest absolute Gasteiger partial charge is 0.0953 e. The van der Waals surface area contributed by atoms with Gasteiger partial charge in [-0.25, -0.2) is 0 Å². The molecule has 1 aliphatic carbocycles. The molecule has 0 radical (unpaired) electrons. The predicted octanol–water partition coefficient (Wildman–Crippen LogP) is 3.86. The van der Waals surface area contributed by atoms with E-state index in [0.29, 0.717) is 0 Å². The molecule has 1 N–H and O–H groups in total. The zero-order valence-electron chi connectivity index (χ0n) is 11.5. The molecule has 19 heavy (non-hydrogen) atoms. The van der Waals surface area contributed by atoms with Crippen LogP contribution in [0, 0.1) is 0 Å². The van der Waals surface area contributed by atoms with Gasteiger partial charge in [0.1, 0.15) is 0 Å². The Balaban J connectivity index is 1.90. The van der Waals surface area contributed by atoms with Crippen molar-refractivity contribution < 1.29 is 4.42 Å². The molecule has 0 fully saturated rings. The lowest BCUT2D eigenvalue weighted by atomic mass is 9.97. The third-order valence-corrected chi connectivity index (χ3v) is 3.93. The molecule has 0 saturated heterocycles. The molecule has 0 saturated carbocycles. The molecule has 3 rings (SSSR count). The minimum absolute atomic E-state index is 0.254. The van der Waals surface area contributed by atoms with Gasteiger partial charge in [-0.1, -0.05) is 25.1 Å². The molecule has 1 atom stereocenters. The lowest BCUT2D eigenvalue weighted by molar-refractivity contribution is 0.548. The van der Waals surface area contributed by atoms with Gasteiger partial charge in [0.05, 0.1) is 18.6 Å². The van der Waals surface area contributed by atoms with Gasteiger partial charge in [0.2, 0.25) is 0 Å². The van der Waals surface area contributed by atoms with E-state index in [1.54, 1.807) is 6.26 Å². The van der Waals surface area contributed by atoms with Crippen molar-refractivity contribution in [1.82, 2.24) is 5.32 Å². The number of aryl methyl sites for hydroxylation is 2. The molecule has 0 aliphatic heterocycles. The molecular weight excluding hydrogens is 234 g/mol. The molecule has 1 aromatic heterocycles. The van der Waals surface area contributed by atoms with Crippen LogP contribution < -0.4 is 5.32 Å². The first kappa shape index (κ1) is 12.5. The Labute approximate surface area is 114 Å². The van der Waals surface area contributed by atoms with Crippen molar-refractivity contribution >= 4 is 0 Å². The summed E-state index contributed by atoms with van der Waals surface area (Å²) in [5.41, 5.74) is 5.64. The van der Waals surface area contributed by atoms with Crippen molar-refractivity contribution in [1.29, 1.82) is 0 Å². The topological polar surface area (TPSA) is 25.2 Å². The van der Waals surface area contributed by atoms with E-state index in [0.717, 1.165) is 13.0 Å². The molecule has 0 bridgehead atoms. The van der Waals surface area contributed by atoms with E-state index in [1.165, 1.54) is 41.5 Å². The molecule has 2 aromatic rings. The van der Waals surface area contributed by atoms with Crippen molar-refractivity contribution in [2.45, 2.75) is 38.6 Å². The fourth-order valence-corrected chi connectivity index (χ4v) is 2.93. The zero-order chi connectivity index (χ0) is 13.1. The number of rotatable bonds is 5. The Morgan fingerprint density at radius 2 is 2.05 bits per heavy atom. The summed E-state index contributed by atoms with van der Waals surface area (Å²) in [7, 11) is 0. The highest BCUT2D eigenvalue weighted by Crippen LogP contribution is 2.28. The van der Waals surface area contributed by atoms with Gasteiger partial charge in [0.25, 0.3) is 0 Å². The molecule has 1 aromatic carbocycles. The van der Waals surface area contributed by atoms with E-state index in [1.807, 2.05) is 6.26 Å². The predicted molar refractivity (Wildman–Crippen MR) is 77.3 cm³/mol. The van der Waals surface area contributed by atoms with Crippen molar-refractivity contribution in [3.8, 4) is 0 Å². The van der Waals surface area contributed by atoms with Crippen LogP contribution >= 0.6 is 0 Å². The van der Waals surface area contributed by atoms with Crippen molar-refractivity contribution in [2.75, 3.05) is 6.54 Å². The van der Waals surface area contributed by atoms with Crippen LogP contribution in [0.1, 0.15) is 48.1 Å². The lowest BCUT2D eigenvalue weighted by Crippen LogP contribution is -2.22. The van der Waals surface area contributed by atoms with E-state index >= 15 is 0 Å². The Morgan fingerprint density at radius 1 is 1.16 bits per heavy atom. The highest BCUT2D eigenvalue weighted by atomic mass is 16.3. The molecular formula is C17H21NO. The fraction of sp³-hybridized carbons (Fsp3) is 0.412. The Morgan fingerprint density at radius 3 is 2.84 bits per heavy atom. The van der Waals surface area contributed by atoms with Crippen molar-refractivity contribution in [3.05, 3.63) is 59.0 Å². The standard InChI is InChI=1S/C17H21NO/c1-2-9-18-17(16-8-10-19-12-16)15-7-6-13-4-3-5-14(13)11-15/h6-8,10-12,17-18H,2-5,9H2,1H3. The van der Waals surface area contributed by atoms with E-state index < -0.39 is 0 Å². The molecule has 0 amide bonds. The summed E-state index contributed by atoms with van der Waals surface area (Å²) in [5, 5.41) is 3.62. The maximum atomic E-state index is 5.25. The fourth-order valence-electron chi connectivity index (χ4n) is 2.93. The summed E-state index contributed by atoms with van der Waals surface area (Å²) in [6.45, 7) is 3.22. The quantitative estimate of drug-likeness (QED) is 0.877. The summed E-state index contributed by atoms with van der Waals surface area (Å²) in [5.74, 6) is 0.